The Morgan fingerprint density at radius 2 is 1.26 bits per heavy atom. The van der Waals surface area contributed by atoms with E-state index in [4.69, 9.17) is 32.0 Å². The summed E-state index contributed by atoms with van der Waals surface area (Å²) in [6.07, 6.45) is 0. The highest BCUT2D eigenvalue weighted by atomic mass is 35.5. The molecule has 0 spiro atoms. The molecular weight excluding hydrogens is 468 g/mol. The van der Waals surface area contributed by atoms with Crippen molar-refractivity contribution in [2.75, 3.05) is 37.4 Å². The van der Waals surface area contributed by atoms with E-state index >= 15 is 0 Å². The third kappa shape index (κ3) is 12.6. The normalized spacial score (nSPS) is 8.91. The number of carbonyl (C=O) groups is 2. The van der Waals surface area contributed by atoms with Crippen LogP contribution in [0.4, 0.5) is 11.4 Å². The van der Waals surface area contributed by atoms with Gasteiger partial charge in [0.1, 0.15) is 6.73 Å². The average Bonchev–Trinajstić information content (AvgIpc) is 2.87. The lowest BCUT2D eigenvalue weighted by atomic mass is 10.2. The number of allylic oxidation sites excluding steroid dienone is 1. The number of anilines is 2. The first-order valence-corrected chi connectivity index (χ1v) is 10.6. The van der Waals surface area contributed by atoms with E-state index in [1.54, 1.807) is 86.3 Å². The molecule has 0 heterocycles. The Morgan fingerprint density at radius 1 is 0.886 bits per heavy atom. The number of nitrogens with zero attached hydrogens (tertiary/aromatic N) is 4. The van der Waals surface area contributed by atoms with Gasteiger partial charge in [-0.2, -0.15) is 10.5 Å². The lowest BCUT2D eigenvalue weighted by molar-refractivity contribution is -0.138. The second kappa shape index (κ2) is 16.5. The minimum absolute atomic E-state index is 0.0219. The van der Waals surface area contributed by atoms with E-state index in [0.29, 0.717) is 22.3 Å². The van der Waals surface area contributed by atoms with Gasteiger partial charge in [0.25, 0.3) is 0 Å². The first kappa shape index (κ1) is 30.9. The summed E-state index contributed by atoms with van der Waals surface area (Å²) in [7, 11) is 3.58. The fraction of sp³-hybridized carbons (Fsp3) is 0.231. The van der Waals surface area contributed by atoms with Crippen molar-refractivity contribution in [1.82, 2.24) is 0 Å². The summed E-state index contributed by atoms with van der Waals surface area (Å²) in [4.78, 5) is 24.4. The molecule has 2 aromatic carbocycles. The summed E-state index contributed by atoms with van der Waals surface area (Å²) in [5.41, 5.74) is 3.76. The van der Waals surface area contributed by atoms with Gasteiger partial charge in [0.15, 0.2) is 6.73 Å². The summed E-state index contributed by atoms with van der Waals surface area (Å²) in [5.74, 6) is -0.412. The van der Waals surface area contributed by atoms with Gasteiger partial charge in [0, 0.05) is 36.6 Å². The smallest absolute Gasteiger partial charge is 0.334 e. The fourth-order valence-corrected chi connectivity index (χ4v) is 2.02. The molecular formula is C26H29ClN4O4. The highest BCUT2D eigenvalue weighted by molar-refractivity contribution is 6.67. The molecule has 0 radical (unpaired) electrons. The van der Waals surface area contributed by atoms with Gasteiger partial charge >= 0.3 is 5.97 Å². The molecule has 0 aliphatic heterocycles. The number of halogens is 1. The van der Waals surface area contributed by atoms with Gasteiger partial charge in [-0.05, 0) is 74.0 Å². The molecule has 0 saturated carbocycles. The minimum Gasteiger partial charge on any atom is -0.441 e. The van der Waals surface area contributed by atoms with Gasteiger partial charge in [-0.25, -0.2) is 4.79 Å². The maximum absolute atomic E-state index is 11.2. The van der Waals surface area contributed by atoms with Gasteiger partial charge in [-0.3, -0.25) is 4.79 Å². The molecule has 0 atom stereocenters. The highest BCUT2D eigenvalue weighted by Crippen LogP contribution is 2.13. The molecule has 8 nitrogen and oxygen atoms in total. The van der Waals surface area contributed by atoms with Crippen LogP contribution in [0, 0.1) is 22.7 Å². The van der Waals surface area contributed by atoms with E-state index in [-0.39, 0.29) is 13.5 Å². The van der Waals surface area contributed by atoms with E-state index < -0.39 is 11.2 Å². The largest absolute Gasteiger partial charge is 0.441 e. The van der Waals surface area contributed by atoms with Crippen LogP contribution >= 0.6 is 11.6 Å². The molecule has 1 N–H and O–H groups in total. The molecule has 35 heavy (non-hydrogen) atoms. The number of hydrogen-bond acceptors (Lipinski definition) is 8. The number of hydrogen-bond donors (Lipinski definition) is 1. The molecule has 0 aliphatic rings. The van der Waals surface area contributed by atoms with E-state index in [0.717, 1.165) is 11.4 Å². The number of ether oxygens (including phenoxy) is 1. The van der Waals surface area contributed by atoms with Crippen LogP contribution < -0.4 is 9.80 Å². The van der Waals surface area contributed by atoms with Crippen LogP contribution in [0.1, 0.15) is 25.0 Å². The van der Waals surface area contributed by atoms with Crippen molar-refractivity contribution < 1.29 is 19.4 Å². The summed E-state index contributed by atoms with van der Waals surface area (Å²) >= 11 is 4.87. The summed E-state index contributed by atoms with van der Waals surface area (Å²) in [6.45, 7) is 10.1. The van der Waals surface area contributed by atoms with Crippen molar-refractivity contribution in [3.05, 3.63) is 84.0 Å². The fourth-order valence-electron chi connectivity index (χ4n) is 2.02. The number of esters is 1. The summed E-state index contributed by atoms with van der Waals surface area (Å²) in [5, 5.41) is 25.5. The predicted octanol–water partition coefficient (Wildman–Crippen LogP) is 4.34. The van der Waals surface area contributed by atoms with Gasteiger partial charge in [0.2, 0.25) is 5.24 Å². The molecule has 2 aromatic rings. The van der Waals surface area contributed by atoms with Gasteiger partial charge in [-0.1, -0.05) is 13.2 Å². The third-order valence-electron chi connectivity index (χ3n) is 4.16. The third-order valence-corrected chi connectivity index (χ3v) is 4.48. The number of carbonyl (C=O) groups excluding carboxylic acids is 2. The lowest BCUT2D eigenvalue weighted by Gasteiger charge is -2.18. The van der Waals surface area contributed by atoms with Crippen LogP contribution in [0.5, 0.6) is 0 Å². The van der Waals surface area contributed by atoms with Crippen LogP contribution in [0.25, 0.3) is 0 Å². The second-order valence-electron chi connectivity index (χ2n) is 7.25. The maximum Gasteiger partial charge on any atom is 0.334 e. The summed E-state index contributed by atoms with van der Waals surface area (Å²) < 4.78 is 5.00. The van der Waals surface area contributed by atoms with Gasteiger partial charge in [0.05, 0.1) is 23.3 Å². The standard InChI is InChI=1S/C13H14N2O2.C9H10N2O.C4H5ClO/c1-10(2)13(16)17-9-15(3)12-6-4-11(8-14)5-7-12;1-11(7-12)9-4-2-8(6-10)3-5-9;1-3(2)4(5)6/h4-7H,1,9H2,2-3H3;2-5,12H,7H2,1H3;1H2,2H3. The molecule has 184 valence electrons. The van der Waals surface area contributed by atoms with Crippen LogP contribution in [-0.4, -0.2) is 43.9 Å². The average molecular weight is 497 g/mol. The van der Waals surface area contributed by atoms with Crippen LogP contribution in [0.15, 0.2) is 72.8 Å². The van der Waals surface area contributed by atoms with Crippen molar-refractivity contribution in [3.8, 4) is 12.1 Å². The van der Waals surface area contributed by atoms with E-state index in [1.165, 1.54) is 0 Å². The Hall–Kier alpha value is -4.11. The van der Waals surface area contributed by atoms with Crippen molar-refractivity contribution >= 4 is 34.2 Å². The van der Waals surface area contributed by atoms with Crippen LogP contribution in [0.3, 0.4) is 0 Å². The predicted molar refractivity (Wildman–Crippen MR) is 138 cm³/mol. The highest BCUT2D eigenvalue weighted by Gasteiger charge is 2.06. The molecule has 0 saturated heterocycles. The SMILES string of the molecule is C=C(C)C(=O)Cl.C=C(C)C(=O)OCN(C)c1ccc(C#N)cc1.CN(CO)c1ccc(C#N)cc1. The maximum atomic E-state index is 11.2. The second-order valence-corrected chi connectivity index (χ2v) is 7.59. The van der Waals surface area contributed by atoms with Crippen LogP contribution in [-0.2, 0) is 14.3 Å². The zero-order chi connectivity index (χ0) is 27.0. The molecule has 9 heteroatoms. The van der Waals surface area contributed by atoms with Gasteiger partial charge in [-0.15, -0.1) is 0 Å². The summed E-state index contributed by atoms with van der Waals surface area (Å²) in [6, 6.07) is 18.1. The van der Waals surface area contributed by atoms with E-state index in [2.05, 4.69) is 13.2 Å². The molecule has 0 aromatic heterocycles. The number of benzene rings is 2. The zero-order valence-corrected chi connectivity index (χ0v) is 21.0. The van der Waals surface area contributed by atoms with Crippen molar-refractivity contribution in [2.24, 2.45) is 0 Å². The lowest BCUT2D eigenvalue weighted by Crippen LogP contribution is -2.23. The van der Waals surface area contributed by atoms with Crippen molar-refractivity contribution in [2.45, 2.75) is 13.8 Å². The van der Waals surface area contributed by atoms with Crippen molar-refractivity contribution in [3.63, 3.8) is 0 Å². The van der Waals surface area contributed by atoms with Crippen molar-refractivity contribution in [1.29, 1.82) is 10.5 Å². The first-order valence-electron chi connectivity index (χ1n) is 10.2. The number of aliphatic hydroxyl groups is 1. The Morgan fingerprint density at radius 3 is 1.54 bits per heavy atom. The Bertz CT molecular complexity index is 1070. The molecule has 0 amide bonds. The topological polar surface area (TPSA) is 118 Å². The van der Waals surface area contributed by atoms with Crippen LogP contribution in [0.2, 0.25) is 0 Å². The minimum atomic E-state index is -0.463. The molecule has 2 rings (SSSR count). The first-order chi connectivity index (χ1) is 16.5. The van der Waals surface area contributed by atoms with Gasteiger partial charge < -0.3 is 19.6 Å². The molecule has 0 bridgehead atoms. The Labute approximate surface area is 211 Å². The zero-order valence-electron chi connectivity index (χ0n) is 20.3. The number of rotatable bonds is 7. The molecule has 0 unspecified atom stereocenters. The monoisotopic (exact) mass is 496 g/mol. The van der Waals surface area contributed by atoms with E-state index in [1.807, 2.05) is 12.1 Å². The Kier molecular flexibility index (Phi) is 14.6. The van der Waals surface area contributed by atoms with E-state index in [9.17, 15) is 9.59 Å². The quantitative estimate of drug-likeness (QED) is 0.260. The number of nitriles is 2. The number of aliphatic hydroxyl groups excluding tert-OH is 1. The molecule has 0 fully saturated rings. The molecule has 0 aliphatic carbocycles. The Balaban J connectivity index is 0.000000557.